The normalized spacial score (nSPS) is 18.7. The third-order valence-electron chi connectivity index (χ3n) is 8.36. The molecule has 6 rings (SSSR count). The minimum Gasteiger partial charge on any atom is -0.339 e. The summed E-state index contributed by atoms with van der Waals surface area (Å²) >= 11 is 0. The summed E-state index contributed by atoms with van der Waals surface area (Å²) in [5, 5.41) is 0. The van der Waals surface area contributed by atoms with Gasteiger partial charge in [0.25, 0.3) is 5.91 Å². The molecule has 3 aromatic rings. The number of carbonyl (C=O) groups is 1. The molecule has 1 saturated heterocycles. The van der Waals surface area contributed by atoms with Gasteiger partial charge in [0, 0.05) is 54.3 Å². The van der Waals surface area contributed by atoms with Crippen LogP contribution in [0.15, 0.2) is 54.9 Å². The molecule has 0 radical (unpaired) electrons. The number of aromatic nitrogens is 2. The van der Waals surface area contributed by atoms with Crippen LogP contribution in [-0.4, -0.2) is 40.4 Å². The molecule has 0 atom stereocenters. The smallest absolute Gasteiger partial charge is 0.253 e. The summed E-state index contributed by atoms with van der Waals surface area (Å²) in [6.07, 6.45) is 11.0. The molecular weight excluding hydrogens is 432 g/mol. The van der Waals surface area contributed by atoms with Crippen molar-refractivity contribution in [3.05, 3.63) is 71.5 Å². The van der Waals surface area contributed by atoms with Crippen molar-refractivity contribution in [1.29, 1.82) is 0 Å². The molecule has 5 heteroatoms. The average molecular weight is 467 g/mol. The SMILES string of the molecule is CCCC1CCN(C(=O)c2ccc3c(c2)N(c2ncc(-c4ccccc4C)cn2)CC32CC2)CC1. The molecule has 0 bridgehead atoms. The lowest BCUT2D eigenvalue weighted by molar-refractivity contribution is 0.0686. The van der Waals surface area contributed by atoms with Gasteiger partial charge in [-0.15, -0.1) is 0 Å². The lowest BCUT2D eigenvalue weighted by Gasteiger charge is -2.32. The fourth-order valence-corrected chi connectivity index (χ4v) is 6.08. The highest BCUT2D eigenvalue weighted by Gasteiger charge is 2.52. The lowest BCUT2D eigenvalue weighted by atomic mass is 9.92. The van der Waals surface area contributed by atoms with Crippen LogP contribution in [0.1, 0.15) is 66.9 Å². The molecule has 2 aromatic carbocycles. The molecule has 5 nitrogen and oxygen atoms in total. The Hall–Kier alpha value is -3.21. The largest absolute Gasteiger partial charge is 0.339 e. The van der Waals surface area contributed by atoms with Crippen molar-refractivity contribution < 1.29 is 4.79 Å². The van der Waals surface area contributed by atoms with E-state index in [1.54, 1.807) is 0 Å². The molecule has 1 aromatic heterocycles. The third kappa shape index (κ3) is 4.01. The van der Waals surface area contributed by atoms with E-state index in [1.807, 2.05) is 23.4 Å². The van der Waals surface area contributed by atoms with Crippen LogP contribution >= 0.6 is 0 Å². The van der Waals surface area contributed by atoms with Gasteiger partial charge in [-0.25, -0.2) is 9.97 Å². The van der Waals surface area contributed by atoms with Crippen LogP contribution in [0.2, 0.25) is 0 Å². The number of anilines is 2. The number of hydrogen-bond acceptors (Lipinski definition) is 4. The van der Waals surface area contributed by atoms with Crippen LogP contribution in [0.4, 0.5) is 11.6 Å². The number of likely N-dealkylation sites (tertiary alicyclic amines) is 1. The first-order chi connectivity index (χ1) is 17.1. The number of aryl methyl sites for hydroxylation is 1. The number of rotatable bonds is 5. The van der Waals surface area contributed by atoms with E-state index >= 15 is 0 Å². The van der Waals surface area contributed by atoms with Crippen molar-refractivity contribution in [1.82, 2.24) is 14.9 Å². The molecule has 3 heterocycles. The van der Waals surface area contributed by atoms with Gasteiger partial charge in [-0.3, -0.25) is 4.79 Å². The fourth-order valence-electron chi connectivity index (χ4n) is 6.08. The number of benzene rings is 2. The monoisotopic (exact) mass is 466 g/mol. The first kappa shape index (κ1) is 22.3. The second-order valence-corrected chi connectivity index (χ2v) is 10.7. The highest BCUT2D eigenvalue weighted by Crippen LogP contribution is 2.57. The standard InChI is InChI=1S/C30H34N4O/c1-3-6-22-11-15-33(16-12-22)28(35)23-9-10-26-27(17-23)34(20-30(26)13-14-30)29-31-18-24(19-32-29)25-8-5-4-7-21(25)2/h4-5,7-10,17-19,22H,3,6,11-16,20H2,1-2H3. The molecule has 35 heavy (non-hydrogen) atoms. The van der Waals surface area contributed by atoms with E-state index in [0.717, 1.165) is 66.7 Å². The zero-order valence-corrected chi connectivity index (χ0v) is 20.8. The van der Waals surface area contributed by atoms with E-state index in [0.29, 0.717) is 0 Å². The van der Waals surface area contributed by atoms with Gasteiger partial charge in [0.05, 0.1) is 0 Å². The van der Waals surface area contributed by atoms with Gasteiger partial charge in [0.15, 0.2) is 0 Å². The molecule has 0 N–H and O–H groups in total. The van der Waals surface area contributed by atoms with Crippen LogP contribution < -0.4 is 4.90 Å². The fraction of sp³-hybridized carbons (Fsp3) is 0.433. The maximum atomic E-state index is 13.4. The summed E-state index contributed by atoms with van der Waals surface area (Å²) < 4.78 is 0. The van der Waals surface area contributed by atoms with Gasteiger partial charge in [-0.05, 0) is 67.3 Å². The Balaban J connectivity index is 1.26. The third-order valence-corrected chi connectivity index (χ3v) is 8.36. The summed E-state index contributed by atoms with van der Waals surface area (Å²) in [7, 11) is 0. The quantitative estimate of drug-likeness (QED) is 0.443. The molecular formula is C30H34N4O. The van der Waals surface area contributed by atoms with E-state index in [9.17, 15) is 4.79 Å². The van der Waals surface area contributed by atoms with Crippen LogP contribution in [0.25, 0.3) is 11.1 Å². The Morgan fingerprint density at radius 1 is 1.06 bits per heavy atom. The molecule has 180 valence electrons. The van der Waals surface area contributed by atoms with E-state index in [2.05, 4.69) is 55.1 Å². The van der Waals surface area contributed by atoms with Crippen molar-refractivity contribution in [2.24, 2.45) is 5.92 Å². The number of amides is 1. The molecule has 3 aliphatic rings. The van der Waals surface area contributed by atoms with Gasteiger partial charge in [-0.1, -0.05) is 50.1 Å². The second kappa shape index (κ2) is 8.78. The molecule has 0 unspecified atom stereocenters. The Morgan fingerprint density at radius 2 is 1.80 bits per heavy atom. The molecule has 2 aliphatic heterocycles. The first-order valence-electron chi connectivity index (χ1n) is 13.2. The molecule has 1 amide bonds. The summed E-state index contributed by atoms with van der Waals surface area (Å²) in [6.45, 7) is 7.00. The zero-order chi connectivity index (χ0) is 24.0. The summed E-state index contributed by atoms with van der Waals surface area (Å²) in [5.74, 6) is 1.65. The number of carbonyl (C=O) groups excluding carboxylic acids is 1. The summed E-state index contributed by atoms with van der Waals surface area (Å²) in [5.41, 5.74) is 6.86. The topological polar surface area (TPSA) is 49.3 Å². The lowest BCUT2D eigenvalue weighted by Crippen LogP contribution is -2.38. The summed E-state index contributed by atoms with van der Waals surface area (Å²) in [4.78, 5) is 27.2. The van der Waals surface area contributed by atoms with Gasteiger partial charge in [0.2, 0.25) is 5.95 Å². The van der Waals surface area contributed by atoms with E-state index < -0.39 is 0 Å². The number of nitrogens with zero attached hydrogens (tertiary/aromatic N) is 4. The maximum Gasteiger partial charge on any atom is 0.253 e. The van der Waals surface area contributed by atoms with Gasteiger partial charge in [0.1, 0.15) is 0 Å². The van der Waals surface area contributed by atoms with Crippen molar-refractivity contribution in [3.63, 3.8) is 0 Å². The van der Waals surface area contributed by atoms with Crippen molar-refractivity contribution in [3.8, 4) is 11.1 Å². The van der Waals surface area contributed by atoms with Crippen LogP contribution in [0, 0.1) is 12.8 Å². The van der Waals surface area contributed by atoms with E-state index in [4.69, 9.17) is 9.97 Å². The molecule has 2 fully saturated rings. The first-order valence-corrected chi connectivity index (χ1v) is 13.2. The van der Waals surface area contributed by atoms with Crippen molar-refractivity contribution >= 4 is 17.5 Å². The second-order valence-electron chi connectivity index (χ2n) is 10.7. The van der Waals surface area contributed by atoms with Crippen LogP contribution in [0.5, 0.6) is 0 Å². The van der Waals surface area contributed by atoms with Gasteiger partial charge in [-0.2, -0.15) is 0 Å². The minimum atomic E-state index is 0.162. The van der Waals surface area contributed by atoms with E-state index in [1.165, 1.54) is 36.8 Å². The Kier molecular flexibility index (Phi) is 5.58. The minimum absolute atomic E-state index is 0.162. The Bertz CT molecular complexity index is 1240. The zero-order valence-electron chi connectivity index (χ0n) is 20.8. The van der Waals surface area contributed by atoms with E-state index in [-0.39, 0.29) is 11.3 Å². The predicted octanol–water partition coefficient (Wildman–Crippen LogP) is 6.29. The highest BCUT2D eigenvalue weighted by atomic mass is 16.2. The Labute approximate surface area is 208 Å². The maximum absolute atomic E-state index is 13.4. The van der Waals surface area contributed by atoms with Gasteiger partial charge >= 0.3 is 0 Å². The van der Waals surface area contributed by atoms with Gasteiger partial charge < -0.3 is 9.80 Å². The van der Waals surface area contributed by atoms with Crippen LogP contribution in [-0.2, 0) is 5.41 Å². The summed E-state index contributed by atoms with van der Waals surface area (Å²) in [6, 6.07) is 14.7. The van der Waals surface area contributed by atoms with Crippen molar-refractivity contribution in [2.45, 2.75) is 57.8 Å². The highest BCUT2D eigenvalue weighted by molar-refractivity contribution is 5.96. The number of fused-ring (bicyclic) bond motifs is 2. The van der Waals surface area contributed by atoms with Crippen molar-refractivity contribution in [2.75, 3.05) is 24.5 Å². The van der Waals surface area contributed by atoms with Crippen LogP contribution in [0.3, 0.4) is 0 Å². The predicted molar refractivity (Wildman–Crippen MR) is 140 cm³/mol. The number of piperidine rings is 1. The number of hydrogen-bond donors (Lipinski definition) is 0. The Morgan fingerprint density at radius 3 is 2.49 bits per heavy atom. The molecule has 1 spiro atoms. The molecule has 1 saturated carbocycles. The molecule has 1 aliphatic carbocycles. The average Bonchev–Trinajstić information content (AvgIpc) is 3.61.